The fourth-order valence-corrected chi connectivity index (χ4v) is 1.49. The SMILES string of the molecule is CC(C)=CC(=O)CCN1CCOCC1.Cl. The molecule has 0 N–H and O–H groups in total. The Morgan fingerprint density at radius 3 is 2.47 bits per heavy atom. The summed E-state index contributed by atoms with van der Waals surface area (Å²) in [6, 6.07) is 0. The Morgan fingerprint density at radius 1 is 1.33 bits per heavy atom. The van der Waals surface area contributed by atoms with E-state index in [2.05, 4.69) is 4.90 Å². The molecule has 1 saturated heterocycles. The highest BCUT2D eigenvalue weighted by molar-refractivity contribution is 5.90. The summed E-state index contributed by atoms with van der Waals surface area (Å²) < 4.78 is 5.23. The van der Waals surface area contributed by atoms with Crippen LogP contribution in [0.3, 0.4) is 0 Å². The first kappa shape index (κ1) is 14.6. The first-order valence-corrected chi connectivity index (χ1v) is 5.16. The number of hydrogen-bond donors (Lipinski definition) is 0. The van der Waals surface area contributed by atoms with E-state index in [1.807, 2.05) is 13.8 Å². The Kier molecular flexibility index (Phi) is 7.65. The summed E-state index contributed by atoms with van der Waals surface area (Å²) in [6.07, 6.45) is 2.35. The molecule has 0 amide bonds. The van der Waals surface area contributed by atoms with E-state index in [1.54, 1.807) is 6.08 Å². The van der Waals surface area contributed by atoms with Gasteiger partial charge in [-0.15, -0.1) is 12.4 Å². The van der Waals surface area contributed by atoms with E-state index < -0.39 is 0 Å². The average molecular weight is 234 g/mol. The van der Waals surface area contributed by atoms with Crippen molar-refractivity contribution < 1.29 is 9.53 Å². The molecule has 0 radical (unpaired) electrons. The lowest BCUT2D eigenvalue weighted by atomic mass is 10.2. The van der Waals surface area contributed by atoms with Crippen LogP contribution in [0, 0.1) is 0 Å². The van der Waals surface area contributed by atoms with Gasteiger partial charge < -0.3 is 4.74 Å². The summed E-state index contributed by atoms with van der Waals surface area (Å²) in [4.78, 5) is 13.6. The third-order valence-corrected chi connectivity index (χ3v) is 2.23. The van der Waals surface area contributed by atoms with Crippen molar-refractivity contribution in [3.8, 4) is 0 Å². The lowest BCUT2D eigenvalue weighted by molar-refractivity contribution is -0.115. The van der Waals surface area contributed by atoms with Crippen molar-refractivity contribution in [1.82, 2.24) is 4.90 Å². The van der Waals surface area contributed by atoms with Crippen molar-refractivity contribution in [2.75, 3.05) is 32.8 Å². The molecule has 0 saturated carbocycles. The Morgan fingerprint density at radius 2 is 1.93 bits per heavy atom. The topological polar surface area (TPSA) is 29.5 Å². The van der Waals surface area contributed by atoms with Crippen molar-refractivity contribution in [2.45, 2.75) is 20.3 Å². The van der Waals surface area contributed by atoms with Crippen LogP contribution in [0.15, 0.2) is 11.6 Å². The van der Waals surface area contributed by atoms with Gasteiger partial charge >= 0.3 is 0 Å². The van der Waals surface area contributed by atoms with Crippen molar-refractivity contribution in [3.05, 3.63) is 11.6 Å². The molecule has 4 heteroatoms. The van der Waals surface area contributed by atoms with Gasteiger partial charge in [-0.2, -0.15) is 0 Å². The van der Waals surface area contributed by atoms with Crippen molar-refractivity contribution in [1.29, 1.82) is 0 Å². The van der Waals surface area contributed by atoms with Crippen LogP contribution in [0.25, 0.3) is 0 Å². The van der Waals surface area contributed by atoms with Gasteiger partial charge in [0.1, 0.15) is 0 Å². The van der Waals surface area contributed by atoms with Gasteiger partial charge in [0.15, 0.2) is 5.78 Å². The standard InChI is InChI=1S/C11H19NO2.ClH/c1-10(2)9-11(13)3-4-12-5-7-14-8-6-12;/h9H,3-8H2,1-2H3;1H. The van der Waals surface area contributed by atoms with Gasteiger partial charge in [0, 0.05) is 26.1 Å². The highest BCUT2D eigenvalue weighted by Gasteiger charge is 2.10. The number of halogens is 1. The fraction of sp³-hybridized carbons (Fsp3) is 0.727. The molecule has 0 aliphatic carbocycles. The molecule has 1 fully saturated rings. The smallest absolute Gasteiger partial charge is 0.156 e. The van der Waals surface area contributed by atoms with Crippen LogP contribution in [0.4, 0.5) is 0 Å². The van der Waals surface area contributed by atoms with E-state index in [0.29, 0.717) is 6.42 Å². The maximum absolute atomic E-state index is 11.4. The van der Waals surface area contributed by atoms with Crippen LogP contribution >= 0.6 is 12.4 Å². The fourth-order valence-electron chi connectivity index (χ4n) is 1.49. The molecule has 88 valence electrons. The Hall–Kier alpha value is -0.380. The number of rotatable bonds is 4. The summed E-state index contributed by atoms with van der Waals surface area (Å²) in [6.45, 7) is 8.29. The van der Waals surface area contributed by atoms with Crippen molar-refractivity contribution >= 4 is 18.2 Å². The quantitative estimate of drug-likeness (QED) is 0.692. The number of morpholine rings is 1. The molecule has 1 rings (SSSR count). The minimum absolute atomic E-state index is 0. The molecule has 0 aromatic carbocycles. The zero-order chi connectivity index (χ0) is 10.4. The van der Waals surface area contributed by atoms with Gasteiger partial charge in [-0.1, -0.05) is 5.57 Å². The van der Waals surface area contributed by atoms with Crippen LogP contribution in [-0.4, -0.2) is 43.5 Å². The molecule has 1 heterocycles. The first-order chi connectivity index (χ1) is 6.68. The molecule has 1 aliphatic rings. The molecule has 15 heavy (non-hydrogen) atoms. The van der Waals surface area contributed by atoms with Crippen molar-refractivity contribution in [2.24, 2.45) is 0 Å². The van der Waals surface area contributed by atoms with Crippen LogP contribution in [0.5, 0.6) is 0 Å². The predicted octanol–water partition coefficient (Wildman–Crippen LogP) is 1.67. The number of allylic oxidation sites excluding steroid dienone is 2. The molecule has 0 spiro atoms. The zero-order valence-corrected chi connectivity index (χ0v) is 10.3. The molecule has 0 aromatic heterocycles. The molecule has 0 aromatic rings. The zero-order valence-electron chi connectivity index (χ0n) is 9.49. The molecule has 3 nitrogen and oxygen atoms in total. The molecule has 0 atom stereocenters. The second-order valence-corrected chi connectivity index (χ2v) is 3.89. The Balaban J connectivity index is 0.00000196. The largest absolute Gasteiger partial charge is 0.379 e. The van der Waals surface area contributed by atoms with Crippen LogP contribution in [0.2, 0.25) is 0 Å². The first-order valence-electron chi connectivity index (χ1n) is 5.16. The summed E-state index contributed by atoms with van der Waals surface area (Å²) in [7, 11) is 0. The summed E-state index contributed by atoms with van der Waals surface area (Å²) in [5.74, 6) is 0.233. The molecule has 0 bridgehead atoms. The Labute approximate surface area is 97.9 Å². The second kappa shape index (κ2) is 7.85. The van der Waals surface area contributed by atoms with Gasteiger partial charge in [0.05, 0.1) is 13.2 Å². The maximum Gasteiger partial charge on any atom is 0.156 e. The molecular formula is C11H20ClNO2. The van der Waals surface area contributed by atoms with Crippen molar-refractivity contribution in [3.63, 3.8) is 0 Å². The maximum atomic E-state index is 11.4. The normalized spacial score (nSPS) is 16.7. The van der Waals surface area contributed by atoms with Gasteiger partial charge in [-0.25, -0.2) is 0 Å². The lowest BCUT2D eigenvalue weighted by Gasteiger charge is -2.25. The van der Waals surface area contributed by atoms with Crippen LogP contribution in [0.1, 0.15) is 20.3 Å². The molecule has 1 aliphatic heterocycles. The number of hydrogen-bond acceptors (Lipinski definition) is 3. The van der Waals surface area contributed by atoms with Gasteiger partial charge in [-0.05, 0) is 19.9 Å². The van der Waals surface area contributed by atoms with Gasteiger partial charge in [-0.3, -0.25) is 9.69 Å². The third kappa shape index (κ3) is 6.66. The van der Waals surface area contributed by atoms with E-state index in [1.165, 1.54) is 0 Å². The molecule has 0 unspecified atom stereocenters. The third-order valence-electron chi connectivity index (χ3n) is 2.23. The van der Waals surface area contributed by atoms with E-state index in [0.717, 1.165) is 38.4 Å². The number of carbonyl (C=O) groups excluding carboxylic acids is 1. The highest BCUT2D eigenvalue weighted by Crippen LogP contribution is 2.00. The van der Waals surface area contributed by atoms with Crippen LogP contribution < -0.4 is 0 Å². The minimum Gasteiger partial charge on any atom is -0.379 e. The monoisotopic (exact) mass is 233 g/mol. The van der Waals surface area contributed by atoms with Gasteiger partial charge in [0.2, 0.25) is 0 Å². The van der Waals surface area contributed by atoms with Crippen LogP contribution in [-0.2, 0) is 9.53 Å². The van der Waals surface area contributed by atoms with E-state index >= 15 is 0 Å². The number of carbonyl (C=O) groups is 1. The highest BCUT2D eigenvalue weighted by atomic mass is 35.5. The number of ketones is 1. The molecular weight excluding hydrogens is 214 g/mol. The summed E-state index contributed by atoms with van der Waals surface area (Å²) in [5.41, 5.74) is 1.08. The van der Waals surface area contributed by atoms with E-state index in [9.17, 15) is 4.79 Å². The minimum atomic E-state index is 0. The Bertz CT molecular complexity index is 219. The predicted molar refractivity (Wildman–Crippen MR) is 63.6 cm³/mol. The lowest BCUT2D eigenvalue weighted by Crippen LogP contribution is -2.37. The summed E-state index contributed by atoms with van der Waals surface area (Å²) in [5, 5.41) is 0. The van der Waals surface area contributed by atoms with Gasteiger partial charge in [0.25, 0.3) is 0 Å². The average Bonchev–Trinajstić information content (AvgIpc) is 2.15. The second-order valence-electron chi connectivity index (χ2n) is 3.89. The number of nitrogens with zero attached hydrogens (tertiary/aromatic N) is 1. The number of ether oxygens (including phenoxy) is 1. The van der Waals surface area contributed by atoms with E-state index in [-0.39, 0.29) is 18.2 Å². The summed E-state index contributed by atoms with van der Waals surface area (Å²) >= 11 is 0. The van der Waals surface area contributed by atoms with E-state index in [4.69, 9.17) is 4.74 Å².